The summed E-state index contributed by atoms with van der Waals surface area (Å²) in [6, 6.07) is 9.28. The fraction of sp³-hybridized carbons (Fsp3) is 0.647. The molecule has 1 aliphatic heterocycles. The first-order chi connectivity index (χ1) is 9.76. The maximum atomic E-state index is 10.4. The van der Waals surface area contributed by atoms with Gasteiger partial charge in [0.15, 0.2) is 0 Å². The Morgan fingerprint density at radius 3 is 2.30 bits per heavy atom. The van der Waals surface area contributed by atoms with Crippen LogP contribution in [0.5, 0.6) is 0 Å². The molecule has 110 valence electrons. The van der Waals surface area contributed by atoms with E-state index in [0.29, 0.717) is 0 Å². The predicted molar refractivity (Wildman–Crippen MR) is 81.8 cm³/mol. The lowest BCUT2D eigenvalue weighted by Gasteiger charge is -2.35. The molecule has 3 heteroatoms. The van der Waals surface area contributed by atoms with Crippen LogP contribution in [-0.4, -0.2) is 53.7 Å². The molecule has 1 saturated carbocycles. The Kier molecular flexibility index (Phi) is 4.39. The highest BCUT2D eigenvalue weighted by molar-refractivity contribution is 5.24. The maximum absolute atomic E-state index is 10.4. The molecule has 1 aromatic carbocycles. The minimum Gasteiger partial charge on any atom is -0.387 e. The van der Waals surface area contributed by atoms with E-state index in [2.05, 4.69) is 41.0 Å². The lowest BCUT2D eigenvalue weighted by atomic mass is 10.1. The molecule has 2 fully saturated rings. The van der Waals surface area contributed by atoms with Gasteiger partial charge in [-0.15, -0.1) is 0 Å². The number of β-amino-alcohol motifs (C(OH)–C–C–N with tert-alkyl or cyclic N) is 1. The van der Waals surface area contributed by atoms with Crippen LogP contribution in [-0.2, 0) is 6.42 Å². The van der Waals surface area contributed by atoms with Crippen molar-refractivity contribution in [3.05, 3.63) is 35.4 Å². The van der Waals surface area contributed by atoms with Crippen LogP contribution in [0.25, 0.3) is 0 Å². The summed E-state index contributed by atoms with van der Waals surface area (Å²) in [7, 11) is 0. The Balaban J connectivity index is 1.49. The highest BCUT2D eigenvalue weighted by Crippen LogP contribution is 2.27. The number of rotatable bonds is 5. The molecule has 1 saturated heterocycles. The molecule has 1 atom stereocenters. The number of hydrogen-bond donors (Lipinski definition) is 1. The average molecular weight is 274 g/mol. The number of piperazine rings is 1. The number of aliphatic hydroxyl groups excluding tert-OH is 1. The van der Waals surface area contributed by atoms with Crippen LogP contribution in [0.1, 0.15) is 37.0 Å². The molecule has 0 amide bonds. The molecule has 1 heterocycles. The third-order valence-electron chi connectivity index (χ3n) is 4.67. The number of hydrogen-bond acceptors (Lipinski definition) is 3. The molecule has 1 unspecified atom stereocenters. The van der Waals surface area contributed by atoms with Crippen molar-refractivity contribution < 1.29 is 5.11 Å². The summed E-state index contributed by atoms with van der Waals surface area (Å²) in [4.78, 5) is 5.01. The van der Waals surface area contributed by atoms with Crippen LogP contribution < -0.4 is 0 Å². The molecule has 1 N–H and O–H groups in total. The van der Waals surface area contributed by atoms with Crippen molar-refractivity contribution >= 4 is 0 Å². The summed E-state index contributed by atoms with van der Waals surface area (Å²) in [5.74, 6) is 0. The molecule has 1 aromatic rings. The van der Waals surface area contributed by atoms with Crippen molar-refractivity contribution in [2.75, 3.05) is 32.7 Å². The van der Waals surface area contributed by atoms with Crippen LogP contribution in [0, 0.1) is 0 Å². The minimum atomic E-state index is -0.353. The molecular formula is C17H26N2O. The van der Waals surface area contributed by atoms with Gasteiger partial charge in [-0.05, 0) is 30.4 Å². The summed E-state index contributed by atoms with van der Waals surface area (Å²) < 4.78 is 0. The molecule has 0 radical (unpaired) electrons. The lowest BCUT2D eigenvalue weighted by Crippen LogP contribution is -2.48. The molecule has 0 aromatic heterocycles. The Bertz CT molecular complexity index is 419. The van der Waals surface area contributed by atoms with Crippen molar-refractivity contribution in [2.24, 2.45) is 0 Å². The number of benzene rings is 1. The lowest BCUT2D eigenvalue weighted by molar-refractivity contribution is 0.0700. The van der Waals surface area contributed by atoms with Gasteiger partial charge < -0.3 is 5.11 Å². The third-order valence-corrected chi connectivity index (χ3v) is 4.67. The summed E-state index contributed by atoms with van der Waals surface area (Å²) in [5.41, 5.74) is 2.38. The highest BCUT2D eigenvalue weighted by Gasteiger charge is 2.31. The SMILES string of the molecule is CCc1ccc(C(O)CN2CCN(C3CC3)CC2)cc1. The molecule has 0 bridgehead atoms. The average Bonchev–Trinajstić information content (AvgIpc) is 3.33. The smallest absolute Gasteiger partial charge is 0.0916 e. The Morgan fingerprint density at radius 2 is 1.75 bits per heavy atom. The zero-order chi connectivity index (χ0) is 13.9. The molecule has 1 aliphatic carbocycles. The molecule has 0 spiro atoms. The van der Waals surface area contributed by atoms with Crippen molar-refractivity contribution in [3.8, 4) is 0 Å². The van der Waals surface area contributed by atoms with Crippen LogP contribution in [0.4, 0.5) is 0 Å². The van der Waals surface area contributed by atoms with Crippen molar-refractivity contribution in [1.82, 2.24) is 9.80 Å². The number of aliphatic hydroxyl groups is 1. The van der Waals surface area contributed by atoms with E-state index in [1.165, 1.54) is 31.5 Å². The summed E-state index contributed by atoms with van der Waals surface area (Å²) >= 11 is 0. The van der Waals surface area contributed by atoms with E-state index in [0.717, 1.165) is 37.7 Å². The first-order valence-corrected chi connectivity index (χ1v) is 7.99. The quantitative estimate of drug-likeness (QED) is 0.890. The van der Waals surface area contributed by atoms with Crippen molar-refractivity contribution in [3.63, 3.8) is 0 Å². The van der Waals surface area contributed by atoms with E-state index in [1.54, 1.807) is 0 Å². The first kappa shape index (κ1) is 14.1. The van der Waals surface area contributed by atoms with Crippen molar-refractivity contribution in [1.29, 1.82) is 0 Å². The van der Waals surface area contributed by atoms with E-state index >= 15 is 0 Å². The van der Waals surface area contributed by atoms with Gasteiger partial charge in [-0.1, -0.05) is 31.2 Å². The van der Waals surface area contributed by atoms with E-state index in [1.807, 2.05) is 0 Å². The van der Waals surface area contributed by atoms with Crippen LogP contribution >= 0.6 is 0 Å². The molecule has 3 rings (SSSR count). The van der Waals surface area contributed by atoms with Gasteiger partial charge in [0.25, 0.3) is 0 Å². The Labute approximate surface area is 122 Å². The van der Waals surface area contributed by atoms with Crippen LogP contribution in [0.3, 0.4) is 0 Å². The Hall–Kier alpha value is -0.900. The highest BCUT2D eigenvalue weighted by atomic mass is 16.3. The zero-order valence-electron chi connectivity index (χ0n) is 12.5. The monoisotopic (exact) mass is 274 g/mol. The van der Waals surface area contributed by atoms with Gasteiger partial charge in [-0.2, -0.15) is 0 Å². The summed E-state index contributed by atoms with van der Waals surface area (Å²) in [5, 5.41) is 10.4. The fourth-order valence-electron chi connectivity index (χ4n) is 3.08. The number of nitrogens with zero attached hydrogens (tertiary/aromatic N) is 2. The van der Waals surface area contributed by atoms with Gasteiger partial charge in [0.1, 0.15) is 0 Å². The molecule has 2 aliphatic rings. The van der Waals surface area contributed by atoms with Crippen LogP contribution in [0.15, 0.2) is 24.3 Å². The minimum absolute atomic E-state index is 0.353. The maximum Gasteiger partial charge on any atom is 0.0916 e. The van der Waals surface area contributed by atoms with Crippen LogP contribution in [0.2, 0.25) is 0 Å². The summed E-state index contributed by atoms with van der Waals surface area (Å²) in [6.45, 7) is 7.47. The second kappa shape index (κ2) is 6.25. The molecule has 20 heavy (non-hydrogen) atoms. The largest absolute Gasteiger partial charge is 0.387 e. The van der Waals surface area contributed by atoms with E-state index in [-0.39, 0.29) is 6.10 Å². The van der Waals surface area contributed by atoms with E-state index in [9.17, 15) is 5.11 Å². The second-order valence-electron chi connectivity index (χ2n) is 6.18. The first-order valence-electron chi connectivity index (χ1n) is 7.99. The predicted octanol–water partition coefficient (Wildman–Crippen LogP) is 2.06. The zero-order valence-corrected chi connectivity index (χ0v) is 12.5. The Morgan fingerprint density at radius 1 is 1.10 bits per heavy atom. The topological polar surface area (TPSA) is 26.7 Å². The molecular weight excluding hydrogens is 248 g/mol. The third kappa shape index (κ3) is 3.40. The normalized spacial score (nSPS) is 22.9. The number of aryl methyl sites for hydroxylation is 1. The van der Waals surface area contributed by atoms with Crippen molar-refractivity contribution in [2.45, 2.75) is 38.3 Å². The van der Waals surface area contributed by atoms with Gasteiger partial charge in [0, 0.05) is 38.8 Å². The second-order valence-corrected chi connectivity index (χ2v) is 6.18. The standard InChI is InChI=1S/C17H26N2O/c1-2-14-3-5-15(6-4-14)17(20)13-18-9-11-19(12-10-18)16-7-8-16/h3-6,16-17,20H,2,7-13H2,1H3. The van der Waals surface area contributed by atoms with Gasteiger partial charge in [-0.25, -0.2) is 0 Å². The van der Waals surface area contributed by atoms with E-state index in [4.69, 9.17) is 0 Å². The van der Waals surface area contributed by atoms with E-state index < -0.39 is 0 Å². The van der Waals surface area contributed by atoms with Gasteiger partial charge >= 0.3 is 0 Å². The van der Waals surface area contributed by atoms with Gasteiger partial charge in [-0.3, -0.25) is 9.80 Å². The fourth-order valence-corrected chi connectivity index (χ4v) is 3.08. The van der Waals surface area contributed by atoms with Gasteiger partial charge in [0.2, 0.25) is 0 Å². The summed E-state index contributed by atoms with van der Waals surface area (Å²) in [6.07, 6.45) is 3.49. The van der Waals surface area contributed by atoms with Gasteiger partial charge in [0.05, 0.1) is 6.10 Å². The molecule has 3 nitrogen and oxygen atoms in total.